The van der Waals surface area contributed by atoms with Crippen LogP contribution in [0.25, 0.3) is 0 Å². The van der Waals surface area contributed by atoms with E-state index in [0.29, 0.717) is 11.5 Å². The van der Waals surface area contributed by atoms with Gasteiger partial charge in [-0.15, -0.1) is 0 Å². The molecule has 19 heavy (non-hydrogen) atoms. The smallest absolute Gasteiger partial charge is 0.223 e. The Morgan fingerprint density at radius 2 is 2.21 bits per heavy atom. The van der Waals surface area contributed by atoms with Crippen molar-refractivity contribution >= 4 is 17.5 Å². The zero-order valence-electron chi connectivity index (χ0n) is 10.3. The first kappa shape index (κ1) is 13.7. The van der Waals surface area contributed by atoms with Crippen LogP contribution in [-0.4, -0.2) is 21.7 Å². The molecule has 4 nitrogen and oxygen atoms in total. The SMILES string of the molecule is Cc1ccnc(NC(CO)c2ccc(Cl)c(F)c2)n1. The van der Waals surface area contributed by atoms with E-state index in [2.05, 4.69) is 15.3 Å². The van der Waals surface area contributed by atoms with Gasteiger partial charge in [0.05, 0.1) is 17.7 Å². The highest BCUT2D eigenvalue weighted by molar-refractivity contribution is 6.30. The molecule has 0 fully saturated rings. The molecule has 2 aromatic rings. The molecule has 100 valence electrons. The van der Waals surface area contributed by atoms with Crippen molar-refractivity contribution in [2.24, 2.45) is 0 Å². The van der Waals surface area contributed by atoms with Crippen LogP contribution in [0.4, 0.5) is 10.3 Å². The van der Waals surface area contributed by atoms with E-state index >= 15 is 0 Å². The number of benzene rings is 1. The second kappa shape index (κ2) is 5.95. The van der Waals surface area contributed by atoms with Crippen molar-refractivity contribution in [3.05, 3.63) is 52.6 Å². The van der Waals surface area contributed by atoms with Gasteiger partial charge < -0.3 is 10.4 Å². The Labute approximate surface area is 115 Å². The molecule has 0 amide bonds. The second-order valence-electron chi connectivity index (χ2n) is 4.07. The molecule has 0 aliphatic heterocycles. The van der Waals surface area contributed by atoms with Gasteiger partial charge in [-0.05, 0) is 30.7 Å². The van der Waals surface area contributed by atoms with Crippen molar-refractivity contribution in [3.63, 3.8) is 0 Å². The maximum absolute atomic E-state index is 13.4. The van der Waals surface area contributed by atoms with E-state index < -0.39 is 11.9 Å². The number of aliphatic hydroxyl groups excluding tert-OH is 1. The number of rotatable bonds is 4. The highest BCUT2D eigenvalue weighted by Crippen LogP contribution is 2.22. The van der Waals surface area contributed by atoms with Crippen molar-refractivity contribution in [1.29, 1.82) is 0 Å². The van der Waals surface area contributed by atoms with Crippen LogP contribution in [-0.2, 0) is 0 Å². The van der Waals surface area contributed by atoms with Crippen molar-refractivity contribution in [2.45, 2.75) is 13.0 Å². The largest absolute Gasteiger partial charge is 0.394 e. The van der Waals surface area contributed by atoms with Crippen LogP contribution in [0.1, 0.15) is 17.3 Å². The Bertz CT molecular complexity index is 580. The molecule has 1 atom stereocenters. The minimum atomic E-state index is -0.524. The number of aryl methyl sites for hydroxylation is 1. The summed E-state index contributed by atoms with van der Waals surface area (Å²) in [5, 5.41) is 12.4. The number of anilines is 1. The van der Waals surface area contributed by atoms with Crippen LogP contribution >= 0.6 is 11.6 Å². The molecule has 0 spiro atoms. The first-order valence-corrected chi connectivity index (χ1v) is 6.10. The number of hydrogen-bond donors (Lipinski definition) is 2. The highest BCUT2D eigenvalue weighted by Gasteiger charge is 2.13. The van der Waals surface area contributed by atoms with Crippen LogP contribution in [0.5, 0.6) is 0 Å². The molecule has 1 heterocycles. The molecule has 0 saturated heterocycles. The van der Waals surface area contributed by atoms with Crippen LogP contribution in [0, 0.1) is 12.7 Å². The quantitative estimate of drug-likeness (QED) is 0.905. The van der Waals surface area contributed by atoms with Crippen LogP contribution in [0.2, 0.25) is 5.02 Å². The fraction of sp³-hybridized carbons (Fsp3) is 0.231. The zero-order chi connectivity index (χ0) is 13.8. The summed E-state index contributed by atoms with van der Waals surface area (Å²) in [5.41, 5.74) is 1.38. The summed E-state index contributed by atoms with van der Waals surface area (Å²) < 4.78 is 13.4. The van der Waals surface area contributed by atoms with E-state index in [4.69, 9.17) is 11.6 Å². The Morgan fingerprint density at radius 3 is 2.84 bits per heavy atom. The van der Waals surface area contributed by atoms with Gasteiger partial charge in [-0.2, -0.15) is 0 Å². The van der Waals surface area contributed by atoms with Crippen LogP contribution in [0.15, 0.2) is 30.5 Å². The summed E-state index contributed by atoms with van der Waals surface area (Å²) in [6.07, 6.45) is 1.61. The van der Waals surface area contributed by atoms with Crippen LogP contribution < -0.4 is 5.32 Å². The Morgan fingerprint density at radius 1 is 1.42 bits per heavy atom. The average molecular weight is 282 g/mol. The summed E-state index contributed by atoms with van der Waals surface area (Å²) >= 11 is 5.63. The molecule has 0 saturated carbocycles. The van der Waals surface area contributed by atoms with Gasteiger partial charge in [-0.25, -0.2) is 14.4 Å². The van der Waals surface area contributed by atoms with Crippen LogP contribution in [0.3, 0.4) is 0 Å². The summed E-state index contributed by atoms with van der Waals surface area (Å²) in [6.45, 7) is 1.63. The van der Waals surface area contributed by atoms with Gasteiger partial charge in [0.2, 0.25) is 5.95 Å². The molecule has 1 unspecified atom stereocenters. The van der Waals surface area contributed by atoms with E-state index in [1.54, 1.807) is 18.3 Å². The summed E-state index contributed by atoms with van der Waals surface area (Å²) in [4.78, 5) is 8.21. The summed E-state index contributed by atoms with van der Waals surface area (Å²) in [5.74, 6) is -0.140. The van der Waals surface area contributed by atoms with Gasteiger partial charge in [-0.1, -0.05) is 17.7 Å². The van der Waals surface area contributed by atoms with Gasteiger partial charge in [0, 0.05) is 11.9 Å². The molecule has 0 radical (unpaired) electrons. The number of hydrogen-bond acceptors (Lipinski definition) is 4. The fourth-order valence-corrected chi connectivity index (χ4v) is 1.76. The maximum atomic E-state index is 13.4. The standard InChI is InChI=1S/C13H13ClFN3O/c1-8-4-5-16-13(17-8)18-12(7-19)9-2-3-10(14)11(15)6-9/h2-6,12,19H,7H2,1H3,(H,16,17,18). The Hall–Kier alpha value is -1.72. The third-order valence-electron chi connectivity index (χ3n) is 2.63. The van der Waals surface area contributed by atoms with Gasteiger partial charge in [0.1, 0.15) is 5.82 Å². The van der Waals surface area contributed by atoms with E-state index in [9.17, 15) is 9.50 Å². The second-order valence-corrected chi connectivity index (χ2v) is 4.48. The topological polar surface area (TPSA) is 58.0 Å². The predicted molar refractivity (Wildman–Crippen MR) is 71.6 cm³/mol. The van der Waals surface area contributed by atoms with E-state index in [0.717, 1.165) is 5.69 Å². The molecule has 2 rings (SSSR count). The zero-order valence-corrected chi connectivity index (χ0v) is 11.0. The first-order chi connectivity index (χ1) is 9.10. The monoisotopic (exact) mass is 281 g/mol. The molecule has 0 aliphatic carbocycles. The molecular weight excluding hydrogens is 269 g/mol. The molecular formula is C13H13ClFN3O. The highest BCUT2D eigenvalue weighted by atomic mass is 35.5. The molecule has 0 aliphatic rings. The third-order valence-corrected chi connectivity index (χ3v) is 2.93. The lowest BCUT2D eigenvalue weighted by molar-refractivity contribution is 0.275. The van der Waals surface area contributed by atoms with E-state index in [1.807, 2.05) is 6.92 Å². The number of nitrogens with one attached hydrogen (secondary N) is 1. The first-order valence-electron chi connectivity index (χ1n) is 5.72. The predicted octanol–water partition coefficient (Wildman–Crippen LogP) is 2.72. The lowest BCUT2D eigenvalue weighted by atomic mass is 10.1. The summed E-state index contributed by atoms with van der Waals surface area (Å²) in [7, 11) is 0. The maximum Gasteiger partial charge on any atom is 0.223 e. The Balaban J connectivity index is 2.22. The number of nitrogens with zero attached hydrogens (tertiary/aromatic N) is 2. The van der Waals surface area contributed by atoms with Gasteiger partial charge in [-0.3, -0.25) is 0 Å². The van der Waals surface area contributed by atoms with Gasteiger partial charge in [0.25, 0.3) is 0 Å². The van der Waals surface area contributed by atoms with E-state index in [-0.39, 0.29) is 11.6 Å². The molecule has 0 bridgehead atoms. The molecule has 1 aromatic heterocycles. The van der Waals surface area contributed by atoms with Crippen molar-refractivity contribution in [2.75, 3.05) is 11.9 Å². The Kier molecular flexibility index (Phi) is 4.29. The average Bonchev–Trinajstić information content (AvgIpc) is 2.39. The normalized spacial score (nSPS) is 12.2. The molecule has 2 N–H and O–H groups in total. The van der Waals surface area contributed by atoms with E-state index in [1.165, 1.54) is 12.1 Å². The van der Waals surface area contributed by atoms with Gasteiger partial charge in [0.15, 0.2) is 0 Å². The summed E-state index contributed by atoms with van der Waals surface area (Å²) in [6, 6.07) is 5.66. The number of aliphatic hydroxyl groups is 1. The minimum absolute atomic E-state index is 0.0484. The molecule has 1 aromatic carbocycles. The third kappa shape index (κ3) is 3.39. The van der Waals surface area contributed by atoms with Crippen molar-refractivity contribution in [3.8, 4) is 0 Å². The molecule has 6 heteroatoms. The van der Waals surface area contributed by atoms with Gasteiger partial charge >= 0.3 is 0 Å². The lowest BCUT2D eigenvalue weighted by Crippen LogP contribution is -2.17. The number of aromatic nitrogens is 2. The van der Waals surface area contributed by atoms with Crippen molar-refractivity contribution in [1.82, 2.24) is 9.97 Å². The van der Waals surface area contributed by atoms with Crippen molar-refractivity contribution < 1.29 is 9.50 Å². The lowest BCUT2D eigenvalue weighted by Gasteiger charge is -2.17. The fourth-order valence-electron chi connectivity index (χ4n) is 1.64. The minimum Gasteiger partial charge on any atom is -0.394 e. The number of halogens is 2.